The molecule has 1 aromatic heterocycles. The molecule has 1 aromatic rings. The van der Waals surface area contributed by atoms with Crippen LogP contribution in [0.1, 0.15) is 12.8 Å². The van der Waals surface area contributed by atoms with Gasteiger partial charge in [-0.15, -0.1) is 0 Å². The van der Waals surface area contributed by atoms with Gasteiger partial charge in [-0.1, -0.05) is 6.07 Å². The molecule has 2 N–H and O–H groups in total. The molecular weight excluding hydrogens is 226 g/mol. The van der Waals surface area contributed by atoms with Gasteiger partial charge in [0.25, 0.3) is 0 Å². The second kappa shape index (κ2) is 4.80. The zero-order valence-corrected chi connectivity index (χ0v) is 9.70. The molecule has 0 aromatic carbocycles. The van der Waals surface area contributed by atoms with E-state index in [2.05, 4.69) is 15.0 Å². The Morgan fingerprint density at radius 1 is 1.31 bits per heavy atom. The van der Waals surface area contributed by atoms with E-state index in [0.29, 0.717) is 18.7 Å². The summed E-state index contributed by atoms with van der Waals surface area (Å²) in [6, 6.07) is 5.16. The normalized spacial score (nSPS) is 18.2. The summed E-state index contributed by atoms with van der Waals surface area (Å²) in [6.45, 7) is 1.52. The Bertz CT molecular complexity index is 427. The molecule has 16 heavy (non-hydrogen) atoms. The van der Waals surface area contributed by atoms with E-state index < -0.39 is 10.0 Å². The molecule has 88 valence electrons. The highest BCUT2D eigenvalue weighted by Crippen LogP contribution is 2.15. The fourth-order valence-electron chi connectivity index (χ4n) is 1.76. The van der Waals surface area contributed by atoms with Crippen LogP contribution in [0.4, 0.5) is 5.82 Å². The number of sulfonamides is 1. The minimum Gasteiger partial charge on any atom is -0.317 e. The third kappa shape index (κ3) is 2.70. The van der Waals surface area contributed by atoms with E-state index >= 15 is 0 Å². The highest BCUT2D eigenvalue weighted by atomic mass is 32.2. The van der Waals surface area contributed by atoms with Crippen molar-refractivity contribution in [2.24, 2.45) is 0 Å². The molecular formula is C10H15N3O2S. The quantitative estimate of drug-likeness (QED) is 0.812. The van der Waals surface area contributed by atoms with Crippen LogP contribution in [0.5, 0.6) is 0 Å². The lowest BCUT2D eigenvalue weighted by molar-refractivity contribution is 0.499. The molecule has 1 aliphatic rings. The topological polar surface area (TPSA) is 71.1 Å². The first-order valence-electron chi connectivity index (χ1n) is 5.32. The average molecular weight is 241 g/mol. The van der Waals surface area contributed by atoms with Crippen LogP contribution in [0.25, 0.3) is 0 Å². The van der Waals surface area contributed by atoms with Crippen molar-refractivity contribution in [1.82, 2.24) is 10.3 Å². The smallest absolute Gasteiger partial charge is 0.236 e. The Morgan fingerprint density at radius 3 is 2.69 bits per heavy atom. The maximum atomic E-state index is 12.0. The van der Waals surface area contributed by atoms with Gasteiger partial charge in [0.2, 0.25) is 10.0 Å². The molecule has 1 fully saturated rings. The number of pyridine rings is 1. The van der Waals surface area contributed by atoms with Crippen LogP contribution in [-0.2, 0) is 10.0 Å². The third-order valence-corrected chi connectivity index (χ3v) is 4.48. The number of hydrogen-bond acceptors (Lipinski definition) is 4. The summed E-state index contributed by atoms with van der Waals surface area (Å²) in [4.78, 5) is 3.95. The van der Waals surface area contributed by atoms with Crippen LogP contribution >= 0.6 is 0 Å². The Kier molecular flexibility index (Phi) is 3.40. The van der Waals surface area contributed by atoms with E-state index in [1.165, 1.54) is 0 Å². The molecule has 0 atom stereocenters. The van der Waals surface area contributed by atoms with Gasteiger partial charge in [-0.05, 0) is 38.1 Å². The molecule has 2 heterocycles. The first-order valence-corrected chi connectivity index (χ1v) is 6.86. The molecule has 0 aliphatic carbocycles. The first kappa shape index (κ1) is 11.3. The lowest BCUT2D eigenvalue weighted by Crippen LogP contribution is -2.38. The molecule has 1 saturated heterocycles. The van der Waals surface area contributed by atoms with Crippen molar-refractivity contribution in [3.05, 3.63) is 24.4 Å². The van der Waals surface area contributed by atoms with Crippen molar-refractivity contribution in [2.45, 2.75) is 18.1 Å². The lowest BCUT2D eigenvalue weighted by atomic mass is 10.2. The summed E-state index contributed by atoms with van der Waals surface area (Å²) in [6.07, 6.45) is 2.88. The number of piperidine rings is 1. The zero-order valence-electron chi connectivity index (χ0n) is 8.89. The second-order valence-electron chi connectivity index (χ2n) is 3.81. The van der Waals surface area contributed by atoms with Crippen LogP contribution in [0.2, 0.25) is 0 Å². The Labute approximate surface area is 95.3 Å². The Hall–Kier alpha value is -1.14. The molecule has 2 rings (SSSR count). The van der Waals surface area contributed by atoms with Gasteiger partial charge in [0, 0.05) is 6.20 Å². The van der Waals surface area contributed by atoms with Gasteiger partial charge in [-0.25, -0.2) is 13.4 Å². The summed E-state index contributed by atoms with van der Waals surface area (Å²) in [7, 11) is -3.29. The standard InChI is InChI=1S/C10H15N3O2S/c14-16(15,9-4-7-11-8-5-9)13-10-3-1-2-6-12-10/h1-3,6,9,11H,4-5,7-8H2,(H,12,13). The van der Waals surface area contributed by atoms with E-state index in [4.69, 9.17) is 0 Å². The fraction of sp³-hybridized carbons (Fsp3) is 0.500. The monoisotopic (exact) mass is 241 g/mol. The van der Waals surface area contributed by atoms with Crippen molar-refractivity contribution in [3.8, 4) is 0 Å². The molecule has 0 amide bonds. The maximum Gasteiger partial charge on any atom is 0.236 e. The average Bonchev–Trinajstić information content (AvgIpc) is 2.31. The van der Waals surface area contributed by atoms with Crippen LogP contribution in [0.3, 0.4) is 0 Å². The van der Waals surface area contributed by atoms with Crippen molar-refractivity contribution in [2.75, 3.05) is 17.8 Å². The first-order chi connectivity index (χ1) is 7.68. The minimum atomic E-state index is -3.29. The molecule has 0 saturated carbocycles. The Morgan fingerprint density at radius 2 is 2.06 bits per heavy atom. The maximum absolute atomic E-state index is 12.0. The van der Waals surface area contributed by atoms with Gasteiger partial charge in [-0.3, -0.25) is 4.72 Å². The van der Waals surface area contributed by atoms with Gasteiger partial charge in [0.15, 0.2) is 0 Å². The molecule has 1 aliphatic heterocycles. The second-order valence-corrected chi connectivity index (χ2v) is 5.77. The van der Waals surface area contributed by atoms with Gasteiger partial charge in [0.05, 0.1) is 5.25 Å². The number of rotatable bonds is 3. The molecule has 0 spiro atoms. The van der Waals surface area contributed by atoms with Gasteiger partial charge in [-0.2, -0.15) is 0 Å². The number of anilines is 1. The molecule has 0 unspecified atom stereocenters. The molecule has 0 radical (unpaired) electrons. The third-order valence-electron chi connectivity index (χ3n) is 2.64. The van der Waals surface area contributed by atoms with Crippen LogP contribution in [0.15, 0.2) is 24.4 Å². The van der Waals surface area contributed by atoms with Crippen LogP contribution in [0, 0.1) is 0 Å². The van der Waals surface area contributed by atoms with Gasteiger partial charge >= 0.3 is 0 Å². The van der Waals surface area contributed by atoms with Crippen LogP contribution in [-0.4, -0.2) is 31.7 Å². The summed E-state index contributed by atoms with van der Waals surface area (Å²) < 4.78 is 26.5. The minimum absolute atomic E-state index is 0.309. The molecule has 0 bridgehead atoms. The van der Waals surface area contributed by atoms with Crippen molar-refractivity contribution in [1.29, 1.82) is 0 Å². The SMILES string of the molecule is O=S(=O)(Nc1ccccn1)C1CCNCC1. The number of aromatic nitrogens is 1. The van der Waals surface area contributed by atoms with E-state index in [1.807, 2.05) is 0 Å². The Balaban J connectivity index is 2.08. The highest BCUT2D eigenvalue weighted by Gasteiger charge is 2.27. The zero-order chi connectivity index (χ0) is 11.4. The van der Waals surface area contributed by atoms with E-state index in [-0.39, 0.29) is 5.25 Å². The largest absolute Gasteiger partial charge is 0.317 e. The van der Waals surface area contributed by atoms with E-state index in [9.17, 15) is 8.42 Å². The fourth-order valence-corrected chi connectivity index (χ4v) is 3.19. The number of hydrogen-bond donors (Lipinski definition) is 2. The predicted molar refractivity (Wildman–Crippen MR) is 62.7 cm³/mol. The number of nitrogens with one attached hydrogen (secondary N) is 2. The van der Waals surface area contributed by atoms with Crippen molar-refractivity contribution >= 4 is 15.8 Å². The summed E-state index contributed by atoms with van der Waals surface area (Å²) in [5, 5.41) is 2.83. The molecule has 6 heteroatoms. The summed E-state index contributed by atoms with van der Waals surface area (Å²) in [5.41, 5.74) is 0. The predicted octanol–water partition coefficient (Wildman–Crippen LogP) is 0.575. The van der Waals surface area contributed by atoms with Crippen LogP contribution < -0.4 is 10.0 Å². The van der Waals surface area contributed by atoms with Crippen molar-refractivity contribution < 1.29 is 8.42 Å². The van der Waals surface area contributed by atoms with Crippen molar-refractivity contribution in [3.63, 3.8) is 0 Å². The van der Waals surface area contributed by atoms with E-state index in [1.54, 1.807) is 24.4 Å². The summed E-state index contributed by atoms with van der Waals surface area (Å²) in [5.74, 6) is 0.390. The molecule has 5 nitrogen and oxygen atoms in total. The number of nitrogens with zero attached hydrogens (tertiary/aromatic N) is 1. The van der Waals surface area contributed by atoms with Gasteiger partial charge < -0.3 is 5.32 Å². The highest BCUT2D eigenvalue weighted by molar-refractivity contribution is 7.93. The summed E-state index contributed by atoms with van der Waals surface area (Å²) >= 11 is 0. The van der Waals surface area contributed by atoms with E-state index in [0.717, 1.165) is 13.1 Å². The van der Waals surface area contributed by atoms with Gasteiger partial charge in [0.1, 0.15) is 5.82 Å². The lowest BCUT2D eigenvalue weighted by Gasteiger charge is -2.22.